The number of hydrogen-bond donors (Lipinski definition) is 2. The van der Waals surface area contributed by atoms with Gasteiger partial charge in [-0.3, -0.25) is 0 Å². The molecule has 1 fully saturated rings. The smallest absolute Gasteiger partial charge is 0.191 e. The molecule has 1 heterocycles. The second-order valence-electron chi connectivity index (χ2n) is 8.25. The molecule has 0 unspecified atom stereocenters. The lowest BCUT2D eigenvalue weighted by atomic mass is 9.83. The number of aliphatic imine (C=N–C) groups is 1. The fourth-order valence-corrected chi connectivity index (χ4v) is 4.40. The van der Waals surface area contributed by atoms with E-state index in [4.69, 9.17) is 9.73 Å². The van der Waals surface area contributed by atoms with Crippen molar-refractivity contribution in [3.05, 3.63) is 42.0 Å². The largest absolute Gasteiger partial charge is 0.382 e. The van der Waals surface area contributed by atoms with Crippen LogP contribution in [0.15, 0.2) is 41.4 Å². The Morgan fingerprint density at radius 3 is 2.66 bits per heavy atom. The van der Waals surface area contributed by atoms with Gasteiger partial charge >= 0.3 is 0 Å². The van der Waals surface area contributed by atoms with Crippen LogP contribution in [0.25, 0.3) is 0 Å². The summed E-state index contributed by atoms with van der Waals surface area (Å²) in [5, 5.41) is 7.05. The molecule has 0 bridgehead atoms. The van der Waals surface area contributed by atoms with E-state index in [1.807, 2.05) is 0 Å². The zero-order valence-corrected chi connectivity index (χ0v) is 18.3. The third kappa shape index (κ3) is 6.49. The first-order valence-electron chi connectivity index (χ1n) is 11.3. The maximum Gasteiger partial charge on any atom is 0.191 e. The molecule has 0 atom stereocenters. The normalized spacial score (nSPS) is 18.4. The first kappa shape index (κ1) is 21.7. The van der Waals surface area contributed by atoms with Gasteiger partial charge in [0.15, 0.2) is 5.96 Å². The van der Waals surface area contributed by atoms with Crippen LogP contribution in [0.4, 0.5) is 5.69 Å². The molecule has 1 aromatic carbocycles. The summed E-state index contributed by atoms with van der Waals surface area (Å²) in [6, 6.07) is 8.76. The van der Waals surface area contributed by atoms with Crippen LogP contribution < -0.4 is 15.5 Å². The molecule has 3 rings (SSSR count). The number of nitrogens with one attached hydrogen (secondary N) is 2. The molecule has 5 nitrogen and oxygen atoms in total. The average Bonchev–Trinajstić information content (AvgIpc) is 3.43. The van der Waals surface area contributed by atoms with Gasteiger partial charge in [-0.1, -0.05) is 37.1 Å². The summed E-state index contributed by atoms with van der Waals surface area (Å²) < 4.78 is 5.65. The van der Waals surface area contributed by atoms with Crippen molar-refractivity contribution in [3.8, 4) is 0 Å². The zero-order chi connectivity index (χ0) is 20.4. The molecular weight excluding hydrogens is 360 g/mol. The summed E-state index contributed by atoms with van der Waals surface area (Å²) in [7, 11) is 0. The van der Waals surface area contributed by atoms with Crippen molar-refractivity contribution in [2.24, 2.45) is 10.4 Å². The minimum atomic E-state index is 0.355. The van der Waals surface area contributed by atoms with E-state index in [0.717, 1.165) is 51.8 Å². The van der Waals surface area contributed by atoms with E-state index >= 15 is 0 Å². The highest BCUT2D eigenvalue weighted by Gasteiger charge is 2.33. The fourth-order valence-electron chi connectivity index (χ4n) is 4.40. The topological polar surface area (TPSA) is 48.9 Å². The summed E-state index contributed by atoms with van der Waals surface area (Å²) in [6.45, 7) is 10.4. The van der Waals surface area contributed by atoms with Gasteiger partial charge in [0.05, 0.1) is 6.54 Å². The minimum Gasteiger partial charge on any atom is -0.382 e. The van der Waals surface area contributed by atoms with Crippen LogP contribution >= 0.6 is 0 Å². The molecule has 0 spiro atoms. The lowest BCUT2D eigenvalue weighted by Gasteiger charge is -2.30. The van der Waals surface area contributed by atoms with E-state index < -0.39 is 0 Å². The maximum atomic E-state index is 5.65. The third-order valence-corrected chi connectivity index (χ3v) is 6.13. The van der Waals surface area contributed by atoms with Gasteiger partial charge < -0.3 is 20.3 Å². The van der Waals surface area contributed by atoms with Crippen LogP contribution in [0.2, 0.25) is 0 Å². The number of nitrogens with zero attached hydrogens (tertiary/aromatic N) is 2. The van der Waals surface area contributed by atoms with Gasteiger partial charge in [0, 0.05) is 45.1 Å². The molecule has 2 N–H and O–H groups in total. The van der Waals surface area contributed by atoms with Crippen molar-refractivity contribution >= 4 is 11.6 Å². The quantitative estimate of drug-likeness (QED) is 0.270. The molecule has 29 heavy (non-hydrogen) atoms. The van der Waals surface area contributed by atoms with Crippen LogP contribution in [0.3, 0.4) is 0 Å². The highest BCUT2D eigenvalue weighted by molar-refractivity contribution is 5.79. The van der Waals surface area contributed by atoms with E-state index in [2.05, 4.69) is 65.8 Å². The molecule has 1 aliphatic heterocycles. The molecule has 0 amide bonds. The van der Waals surface area contributed by atoms with E-state index in [9.17, 15) is 0 Å². The lowest BCUT2D eigenvalue weighted by molar-refractivity contribution is 0.105. The Bertz CT molecular complexity index is 671. The Morgan fingerprint density at radius 1 is 1.14 bits per heavy atom. The Hall–Kier alpha value is -2.01. The van der Waals surface area contributed by atoms with Gasteiger partial charge in [-0.05, 0) is 56.2 Å². The van der Waals surface area contributed by atoms with Crippen LogP contribution in [0.1, 0.15) is 51.5 Å². The van der Waals surface area contributed by atoms with Crippen LogP contribution in [0.5, 0.6) is 0 Å². The molecule has 1 aliphatic carbocycles. The SMILES string of the molecule is CCNC(=NCc1cccc(N2CC=CC2)c1)NCC1(CCOCC)CCCC1. The van der Waals surface area contributed by atoms with Crippen LogP contribution in [-0.4, -0.2) is 45.4 Å². The number of rotatable bonds is 10. The van der Waals surface area contributed by atoms with Gasteiger partial charge in [0.25, 0.3) is 0 Å². The second kappa shape index (κ2) is 11.2. The summed E-state index contributed by atoms with van der Waals surface area (Å²) in [6.07, 6.45) is 10.8. The maximum absolute atomic E-state index is 5.65. The number of anilines is 1. The summed E-state index contributed by atoms with van der Waals surface area (Å²) in [4.78, 5) is 7.24. The van der Waals surface area contributed by atoms with Gasteiger partial charge in [0.2, 0.25) is 0 Å². The first-order valence-corrected chi connectivity index (χ1v) is 11.3. The fraction of sp³-hybridized carbons (Fsp3) is 0.625. The Morgan fingerprint density at radius 2 is 1.93 bits per heavy atom. The monoisotopic (exact) mass is 398 g/mol. The number of guanidine groups is 1. The molecular formula is C24H38N4O. The predicted molar refractivity (Wildman–Crippen MR) is 123 cm³/mol. The molecule has 0 saturated heterocycles. The lowest BCUT2D eigenvalue weighted by Crippen LogP contribution is -2.43. The van der Waals surface area contributed by atoms with Gasteiger partial charge in [-0.2, -0.15) is 0 Å². The molecule has 0 aromatic heterocycles. The van der Waals surface area contributed by atoms with E-state index in [1.165, 1.54) is 36.9 Å². The van der Waals surface area contributed by atoms with Crippen molar-refractivity contribution in [2.75, 3.05) is 44.3 Å². The molecule has 160 valence electrons. The van der Waals surface area contributed by atoms with Crippen molar-refractivity contribution < 1.29 is 4.74 Å². The molecule has 1 aromatic rings. The minimum absolute atomic E-state index is 0.355. The number of hydrogen-bond acceptors (Lipinski definition) is 3. The Balaban J connectivity index is 1.58. The summed E-state index contributed by atoms with van der Waals surface area (Å²) in [5.74, 6) is 0.920. The van der Waals surface area contributed by atoms with Crippen LogP contribution in [-0.2, 0) is 11.3 Å². The zero-order valence-electron chi connectivity index (χ0n) is 18.3. The van der Waals surface area contributed by atoms with E-state index in [-0.39, 0.29) is 0 Å². The molecule has 2 aliphatic rings. The van der Waals surface area contributed by atoms with Crippen LogP contribution in [0, 0.1) is 5.41 Å². The molecule has 5 heteroatoms. The number of benzene rings is 1. The van der Waals surface area contributed by atoms with Crippen molar-refractivity contribution in [1.29, 1.82) is 0 Å². The Labute approximate surface area is 176 Å². The van der Waals surface area contributed by atoms with Gasteiger partial charge in [0.1, 0.15) is 0 Å². The first-order chi connectivity index (χ1) is 14.2. The summed E-state index contributed by atoms with van der Waals surface area (Å²) in [5.41, 5.74) is 2.88. The predicted octanol–water partition coefficient (Wildman–Crippen LogP) is 4.10. The molecule has 1 saturated carbocycles. The van der Waals surface area contributed by atoms with Gasteiger partial charge in [-0.15, -0.1) is 0 Å². The number of ether oxygens (including phenoxy) is 1. The van der Waals surface area contributed by atoms with Crippen molar-refractivity contribution in [2.45, 2.75) is 52.5 Å². The van der Waals surface area contributed by atoms with E-state index in [1.54, 1.807) is 0 Å². The third-order valence-electron chi connectivity index (χ3n) is 6.13. The molecule has 0 radical (unpaired) electrons. The van der Waals surface area contributed by atoms with Crippen molar-refractivity contribution in [3.63, 3.8) is 0 Å². The van der Waals surface area contributed by atoms with E-state index in [0.29, 0.717) is 12.0 Å². The average molecular weight is 399 g/mol. The standard InChI is InChI=1S/C24H38N4O/c1-3-25-23(27-20-24(12-5-6-13-24)14-17-29-4-2)26-19-21-10-9-11-22(18-21)28-15-7-8-16-28/h7-11,18H,3-6,12-17,19-20H2,1-2H3,(H2,25,26,27). The van der Waals surface area contributed by atoms with Gasteiger partial charge in [-0.25, -0.2) is 4.99 Å². The highest BCUT2D eigenvalue weighted by atomic mass is 16.5. The highest BCUT2D eigenvalue weighted by Crippen LogP contribution is 2.40. The second-order valence-corrected chi connectivity index (χ2v) is 8.25. The van der Waals surface area contributed by atoms with Crippen molar-refractivity contribution in [1.82, 2.24) is 10.6 Å². The summed E-state index contributed by atoms with van der Waals surface area (Å²) >= 11 is 0. The Kier molecular flexibility index (Phi) is 8.41.